The molecule has 3 heterocycles. The van der Waals surface area contributed by atoms with Crippen LogP contribution in [0, 0.1) is 11.6 Å². The Morgan fingerprint density at radius 2 is 1.79 bits per heavy atom. The van der Waals surface area contributed by atoms with Gasteiger partial charge in [0.15, 0.2) is 5.82 Å². The highest BCUT2D eigenvalue weighted by Crippen LogP contribution is 2.29. The number of hydrogen-bond acceptors (Lipinski definition) is 6. The fourth-order valence-electron chi connectivity index (χ4n) is 4.68. The molecule has 0 aliphatic carbocycles. The number of fused-ring (bicyclic) bond motifs is 1. The van der Waals surface area contributed by atoms with E-state index in [1.165, 1.54) is 0 Å². The number of benzene rings is 2. The predicted molar refractivity (Wildman–Crippen MR) is 160 cm³/mol. The molecule has 0 saturated carbocycles. The van der Waals surface area contributed by atoms with E-state index in [0.29, 0.717) is 29.8 Å². The lowest BCUT2D eigenvalue weighted by Crippen LogP contribution is -2.32. The summed E-state index contributed by atoms with van der Waals surface area (Å²) in [5, 5.41) is 12.9. The number of rotatable bonds is 10. The summed E-state index contributed by atoms with van der Waals surface area (Å²) in [5.41, 5.74) is 3.13. The summed E-state index contributed by atoms with van der Waals surface area (Å²) in [6, 6.07) is 9.63. The maximum absolute atomic E-state index is 13.8. The van der Waals surface area contributed by atoms with Crippen molar-refractivity contribution in [3.8, 4) is 0 Å². The largest absolute Gasteiger partial charge is 0.373 e. The van der Waals surface area contributed by atoms with Crippen molar-refractivity contribution in [2.45, 2.75) is 17.9 Å². The molecule has 1 atom stereocenters. The van der Waals surface area contributed by atoms with Crippen molar-refractivity contribution in [2.75, 3.05) is 56.3 Å². The molecule has 0 spiro atoms. The normalized spacial score (nSPS) is 13.9. The summed E-state index contributed by atoms with van der Waals surface area (Å²) in [4.78, 5) is 33.5. The number of carbonyl (C=O) groups is 2. The first-order chi connectivity index (χ1) is 20.6. The molecule has 2 aromatic carbocycles. The number of amides is 2. The lowest BCUT2D eigenvalue weighted by molar-refractivity contribution is 0.102. The maximum Gasteiger partial charge on any atom is 0.258 e. The van der Waals surface area contributed by atoms with Crippen molar-refractivity contribution < 1.29 is 22.6 Å². The Morgan fingerprint density at radius 1 is 1.02 bits per heavy atom. The Kier molecular flexibility index (Phi) is 8.99. The number of carbonyl (C=O) groups excluding carboxylic acids is 2. The molecule has 2 amide bonds. The second-order valence-electron chi connectivity index (χ2n) is 10.5. The highest BCUT2D eigenvalue weighted by molar-refractivity contribution is 7.82. The van der Waals surface area contributed by atoms with Crippen LogP contribution in [0.15, 0.2) is 59.8 Å². The number of aromatic nitrogens is 3. The van der Waals surface area contributed by atoms with Crippen LogP contribution in [0.3, 0.4) is 0 Å². The molecule has 0 radical (unpaired) electrons. The average Bonchev–Trinajstić information content (AvgIpc) is 3.65. The summed E-state index contributed by atoms with van der Waals surface area (Å²) >= 11 is 0. The first kappa shape index (κ1) is 30.1. The van der Waals surface area contributed by atoms with Gasteiger partial charge in [-0.2, -0.15) is 5.10 Å². The molecule has 0 fully saturated rings. The molecule has 4 N–H and O–H groups in total. The Morgan fingerprint density at radius 3 is 2.49 bits per heavy atom. The molecule has 0 bridgehead atoms. The van der Waals surface area contributed by atoms with E-state index in [0.717, 1.165) is 42.7 Å². The van der Waals surface area contributed by atoms with Crippen LogP contribution < -0.4 is 15.5 Å². The lowest BCUT2D eigenvalue weighted by atomic mass is 10.1. The van der Waals surface area contributed by atoms with Crippen LogP contribution in [0.2, 0.25) is 0 Å². The number of hydrogen-bond donors (Lipinski definition) is 4. The minimum atomic E-state index is -1.83. The molecule has 1 unspecified atom stereocenters. The van der Waals surface area contributed by atoms with E-state index in [2.05, 4.69) is 30.7 Å². The summed E-state index contributed by atoms with van der Waals surface area (Å²) in [7, 11) is 4.06. The van der Waals surface area contributed by atoms with Crippen LogP contribution >= 0.6 is 0 Å². The summed E-state index contributed by atoms with van der Waals surface area (Å²) in [6.07, 6.45) is 3.63. The van der Waals surface area contributed by atoms with Crippen molar-refractivity contribution in [3.63, 3.8) is 0 Å². The van der Waals surface area contributed by atoms with Gasteiger partial charge in [-0.15, -0.1) is 0 Å². The lowest BCUT2D eigenvalue weighted by Gasteiger charge is -2.25. The molecule has 2 aromatic heterocycles. The van der Waals surface area contributed by atoms with Crippen LogP contribution in [-0.4, -0.2) is 81.2 Å². The summed E-state index contributed by atoms with van der Waals surface area (Å²) in [6.45, 7) is 2.01. The van der Waals surface area contributed by atoms with Gasteiger partial charge in [-0.3, -0.25) is 14.7 Å². The monoisotopic (exact) mass is 610 g/mol. The number of anilines is 3. The molecule has 226 valence electrons. The second-order valence-corrected chi connectivity index (χ2v) is 11.9. The zero-order valence-corrected chi connectivity index (χ0v) is 24.7. The third-order valence-corrected chi connectivity index (χ3v) is 8.50. The van der Waals surface area contributed by atoms with Crippen LogP contribution in [-0.2, 0) is 24.0 Å². The Balaban J connectivity index is 1.38. The SMILES string of the molecule is CN(C)CCN(C)c1ccc(C(=O)Nc2n[nH]c3c2CN(S(=O)c2cc(F)cc(F)c2)CC3)c(NC(=O)c2cc[nH]c2)c1. The topological polar surface area (TPSA) is 129 Å². The van der Waals surface area contributed by atoms with E-state index in [4.69, 9.17) is 0 Å². The molecular weight excluding hydrogens is 578 g/mol. The second kappa shape index (κ2) is 12.9. The van der Waals surface area contributed by atoms with E-state index >= 15 is 0 Å². The van der Waals surface area contributed by atoms with Crippen molar-refractivity contribution in [1.82, 2.24) is 24.4 Å². The Hall–Kier alpha value is -4.40. The first-order valence-corrected chi connectivity index (χ1v) is 14.6. The molecule has 14 heteroatoms. The van der Waals surface area contributed by atoms with Crippen LogP contribution in [0.4, 0.5) is 26.0 Å². The molecule has 4 aromatic rings. The number of H-pyrrole nitrogens is 2. The quantitative estimate of drug-likeness (QED) is 0.217. The van der Waals surface area contributed by atoms with Crippen molar-refractivity contribution in [2.24, 2.45) is 0 Å². The van der Waals surface area contributed by atoms with Crippen LogP contribution in [0.5, 0.6) is 0 Å². The number of likely N-dealkylation sites (N-methyl/N-ethyl adjacent to an activating group) is 2. The van der Waals surface area contributed by atoms with Gasteiger partial charge in [-0.05, 0) is 50.5 Å². The number of halogens is 2. The zero-order valence-electron chi connectivity index (χ0n) is 23.9. The third-order valence-electron chi connectivity index (χ3n) is 7.08. The molecule has 1 aliphatic heterocycles. The Bertz CT molecular complexity index is 1640. The number of aromatic amines is 2. The smallest absolute Gasteiger partial charge is 0.258 e. The molecule has 1 aliphatic rings. The van der Waals surface area contributed by atoms with Crippen molar-refractivity contribution in [1.29, 1.82) is 0 Å². The molecule has 5 rings (SSSR count). The predicted octanol–water partition coefficient (Wildman–Crippen LogP) is 3.60. The molecule has 43 heavy (non-hydrogen) atoms. The van der Waals surface area contributed by atoms with E-state index in [-0.39, 0.29) is 28.7 Å². The van der Waals surface area contributed by atoms with Gasteiger partial charge in [-0.25, -0.2) is 17.3 Å². The molecule has 11 nitrogen and oxygen atoms in total. The number of nitrogens with one attached hydrogen (secondary N) is 4. The molecule has 0 saturated heterocycles. The fraction of sp³-hybridized carbons (Fsp3) is 0.276. The zero-order chi connectivity index (χ0) is 30.7. The minimum Gasteiger partial charge on any atom is -0.373 e. The minimum absolute atomic E-state index is 0.00785. The average molecular weight is 611 g/mol. The standard InChI is InChI=1S/C29H32F2N8O3S/c1-37(2)10-11-38(3)21-4-5-23(26(15-21)33-28(40)18-6-8-32-16-18)29(41)34-27-24-17-39(9-7-25(24)35-36-27)43(42)22-13-19(30)12-20(31)14-22/h4-6,8,12-16,32H,7,9-11,17H2,1-3H3,(H,33,40)(H2,34,35,36,41). The van der Waals surface area contributed by atoms with E-state index in [1.807, 2.05) is 26.0 Å². The number of nitrogens with zero attached hydrogens (tertiary/aromatic N) is 4. The van der Waals surface area contributed by atoms with Gasteiger partial charge in [0.25, 0.3) is 11.8 Å². The highest BCUT2D eigenvalue weighted by atomic mass is 32.2. The van der Waals surface area contributed by atoms with Crippen LogP contribution in [0.25, 0.3) is 0 Å². The van der Waals surface area contributed by atoms with Gasteiger partial charge in [0.1, 0.15) is 22.6 Å². The van der Waals surface area contributed by atoms with Crippen molar-refractivity contribution in [3.05, 3.63) is 88.9 Å². The van der Waals surface area contributed by atoms with E-state index in [9.17, 15) is 22.6 Å². The van der Waals surface area contributed by atoms with E-state index < -0.39 is 28.5 Å². The molecular formula is C29H32F2N8O3S. The van der Waals surface area contributed by atoms with E-state index in [1.54, 1.807) is 41.0 Å². The highest BCUT2D eigenvalue weighted by Gasteiger charge is 2.28. The summed E-state index contributed by atoms with van der Waals surface area (Å²) < 4.78 is 42.2. The first-order valence-electron chi connectivity index (χ1n) is 13.5. The Labute approximate surface area is 249 Å². The maximum atomic E-state index is 13.8. The van der Waals surface area contributed by atoms with Gasteiger partial charge >= 0.3 is 0 Å². The third kappa shape index (κ3) is 6.98. The fourth-order valence-corrected chi connectivity index (χ4v) is 5.91. The van der Waals surface area contributed by atoms with Gasteiger partial charge in [0.2, 0.25) is 0 Å². The van der Waals surface area contributed by atoms with Gasteiger partial charge in [0, 0.05) is 75.1 Å². The van der Waals surface area contributed by atoms with Crippen molar-refractivity contribution >= 4 is 40.0 Å². The summed E-state index contributed by atoms with van der Waals surface area (Å²) in [5.74, 6) is -2.28. The van der Waals surface area contributed by atoms with Gasteiger partial charge in [-0.1, -0.05) is 0 Å². The van der Waals surface area contributed by atoms with Gasteiger partial charge in [0.05, 0.1) is 21.7 Å². The van der Waals surface area contributed by atoms with Crippen LogP contribution in [0.1, 0.15) is 32.0 Å². The van der Waals surface area contributed by atoms with Gasteiger partial charge < -0.3 is 25.4 Å².